The summed E-state index contributed by atoms with van der Waals surface area (Å²) < 4.78 is 25.3. The Hall–Kier alpha value is -0.780. The number of amides is 2. The summed E-state index contributed by atoms with van der Waals surface area (Å²) in [7, 11) is -3.30. The Kier molecular flexibility index (Phi) is 7.26. The van der Waals surface area contributed by atoms with Crippen molar-refractivity contribution >= 4 is 15.9 Å². The molecular formula is C21H40N2O3S. The Morgan fingerprint density at radius 1 is 0.963 bits per heavy atom. The highest BCUT2D eigenvalue weighted by atomic mass is 32.2. The Labute approximate surface area is 166 Å². The quantitative estimate of drug-likeness (QED) is 0.658. The maximum absolute atomic E-state index is 13.0. The Morgan fingerprint density at radius 3 is 2.00 bits per heavy atom. The zero-order valence-electron chi connectivity index (χ0n) is 17.8. The number of carbonyl (C=O) groups excluding carboxylic acids is 1. The number of carbonyl (C=O) groups is 1. The van der Waals surface area contributed by atoms with Crippen molar-refractivity contribution in [1.82, 2.24) is 10.6 Å². The third kappa shape index (κ3) is 5.85. The lowest BCUT2D eigenvalue weighted by Gasteiger charge is -2.40. The van der Waals surface area contributed by atoms with Gasteiger partial charge in [-0.05, 0) is 51.4 Å². The van der Waals surface area contributed by atoms with Crippen molar-refractivity contribution < 1.29 is 13.2 Å². The van der Waals surface area contributed by atoms with E-state index in [1.54, 1.807) is 13.8 Å². The molecule has 0 unspecified atom stereocenters. The summed E-state index contributed by atoms with van der Waals surface area (Å²) in [6.45, 7) is 8.42. The van der Waals surface area contributed by atoms with E-state index in [0.29, 0.717) is 13.0 Å². The standard InChI is InChI=1S/C21H40N2O3S/c1-5-19(2,3)27(25,26)17-21(14-10-7-11-15-21)23-18(24)22-16-20(4)12-8-6-9-13-20/h5-17H2,1-4H3,(H2,22,23,24). The number of sulfone groups is 1. The van der Waals surface area contributed by atoms with Gasteiger partial charge in [0.05, 0.1) is 16.0 Å². The minimum Gasteiger partial charge on any atom is -0.338 e. The Balaban J connectivity index is 2.04. The van der Waals surface area contributed by atoms with Crippen molar-refractivity contribution in [2.45, 2.75) is 109 Å². The van der Waals surface area contributed by atoms with Gasteiger partial charge in [-0.3, -0.25) is 0 Å². The number of nitrogens with one attached hydrogen (secondary N) is 2. The third-order valence-electron chi connectivity index (χ3n) is 7.09. The maximum Gasteiger partial charge on any atom is 0.315 e. The molecule has 2 rings (SSSR count). The third-order valence-corrected chi connectivity index (χ3v) is 9.99. The maximum atomic E-state index is 13.0. The molecule has 0 aliphatic heterocycles. The van der Waals surface area contributed by atoms with Crippen molar-refractivity contribution in [1.29, 1.82) is 0 Å². The van der Waals surface area contributed by atoms with Gasteiger partial charge in [-0.2, -0.15) is 0 Å². The average Bonchev–Trinajstić information content (AvgIpc) is 2.61. The molecule has 0 spiro atoms. The summed E-state index contributed by atoms with van der Waals surface area (Å²) in [6.07, 6.45) is 11.2. The van der Waals surface area contributed by atoms with Crippen molar-refractivity contribution in [3.8, 4) is 0 Å². The van der Waals surface area contributed by atoms with Gasteiger partial charge in [-0.15, -0.1) is 0 Å². The van der Waals surface area contributed by atoms with E-state index in [4.69, 9.17) is 0 Å². The fraction of sp³-hybridized carbons (Fsp3) is 0.952. The lowest BCUT2D eigenvalue weighted by molar-refractivity contribution is 0.187. The smallest absolute Gasteiger partial charge is 0.315 e. The molecule has 6 heteroatoms. The van der Waals surface area contributed by atoms with Crippen LogP contribution in [0.25, 0.3) is 0 Å². The van der Waals surface area contributed by atoms with Crippen molar-refractivity contribution in [3.63, 3.8) is 0 Å². The van der Waals surface area contributed by atoms with Crippen molar-refractivity contribution in [2.24, 2.45) is 5.41 Å². The first-order valence-corrected chi connectivity index (χ1v) is 12.5. The molecule has 0 aromatic rings. The highest BCUT2D eigenvalue weighted by Crippen LogP contribution is 2.35. The molecule has 0 radical (unpaired) electrons. The van der Waals surface area contributed by atoms with E-state index in [1.165, 1.54) is 19.3 Å². The first-order chi connectivity index (χ1) is 12.5. The zero-order chi connectivity index (χ0) is 20.2. The molecule has 5 nitrogen and oxygen atoms in total. The molecule has 0 aromatic heterocycles. The van der Waals surface area contributed by atoms with Crippen LogP contribution < -0.4 is 10.6 Å². The predicted octanol–water partition coefficient (Wildman–Crippen LogP) is 4.56. The highest BCUT2D eigenvalue weighted by Gasteiger charge is 2.43. The van der Waals surface area contributed by atoms with E-state index in [1.807, 2.05) is 6.92 Å². The van der Waals surface area contributed by atoms with E-state index in [2.05, 4.69) is 17.6 Å². The normalized spacial score (nSPS) is 22.8. The summed E-state index contributed by atoms with van der Waals surface area (Å²) >= 11 is 0. The Bertz CT molecular complexity index is 601. The van der Waals surface area contributed by atoms with Crippen LogP contribution in [0.5, 0.6) is 0 Å². The van der Waals surface area contributed by atoms with Crippen molar-refractivity contribution in [3.05, 3.63) is 0 Å². The van der Waals surface area contributed by atoms with Crippen LogP contribution in [0, 0.1) is 5.41 Å². The van der Waals surface area contributed by atoms with Gasteiger partial charge in [0, 0.05) is 6.54 Å². The second-order valence-corrected chi connectivity index (χ2v) is 12.5. The van der Waals surface area contributed by atoms with Gasteiger partial charge >= 0.3 is 6.03 Å². The first kappa shape index (κ1) is 22.5. The molecule has 2 aliphatic carbocycles. The highest BCUT2D eigenvalue weighted by molar-refractivity contribution is 7.92. The predicted molar refractivity (Wildman–Crippen MR) is 112 cm³/mol. The minimum atomic E-state index is -3.30. The lowest BCUT2D eigenvalue weighted by atomic mass is 9.76. The fourth-order valence-electron chi connectivity index (χ4n) is 4.47. The van der Waals surface area contributed by atoms with E-state index in [0.717, 1.165) is 44.9 Å². The van der Waals surface area contributed by atoms with Gasteiger partial charge in [0.15, 0.2) is 9.84 Å². The molecule has 0 heterocycles. The molecule has 2 fully saturated rings. The van der Waals surface area contributed by atoms with E-state index in [9.17, 15) is 13.2 Å². The van der Waals surface area contributed by atoms with Crippen LogP contribution in [0.4, 0.5) is 4.79 Å². The molecule has 0 atom stereocenters. The van der Waals surface area contributed by atoms with Crippen molar-refractivity contribution in [2.75, 3.05) is 12.3 Å². The summed E-state index contributed by atoms with van der Waals surface area (Å²) in [5.74, 6) is 0.0472. The first-order valence-electron chi connectivity index (χ1n) is 10.8. The molecule has 2 saturated carbocycles. The van der Waals surface area contributed by atoms with E-state index < -0.39 is 20.1 Å². The van der Waals surface area contributed by atoms with Crippen LogP contribution in [0.15, 0.2) is 0 Å². The number of rotatable bonds is 7. The molecule has 0 saturated heterocycles. The number of hydrogen-bond donors (Lipinski definition) is 2. The largest absolute Gasteiger partial charge is 0.338 e. The van der Waals surface area contributed by atoms with Gasteiger partial charge in [0.2, 0.25) is 0 Å². The van der Waals surface area contributed by atoms with E-state index >= 15 is 0 Å². The molecule has 158 valence electrons. The number of hydrogen-bond acceptors (Lipinski definition) is 3. The lowest BCUT2D eigenvalue weighted by Crippen LogP contribution is -2.59. The topological polar surface area (TPSA) is 75.3 Å². The fourth-order valence-corrected chi connectivity index (χ4v) is 6.39. The van der Waals surface area contributed by atoms with Crippen LogP contribution in [0.2, 0.25) is 0 Å². The summed E-state index contributed by atoms with van der Waals surface area (Å²) in [5.41, 5.74) is -0.452. The number of urea groups is 1. The van der Waals surface area contributed by atoms with Crippen LogP contribution >= 0.6 is 0 Å². The summed E-state index contributed by atoms with van der Waals surface area (Å²) in [5, 5.41) is 6.17. The van der Waals surface area contributed by atoms with Gasteiger partial charge in [0.25, 0.3) is 0 Å². The molecule has 2 aliphatic rings. The average molecular weight is 401 g/mol. The van der Waals surface area contributed by atoms with Crippen LogP contribution in [-0.2, 0) is 9.84 Å². The second kappa shape index (κ2) is 8.71. The molecule has 2 N–H and O–H groups in total. The summed E-state index contributed by atoms with van der Waals surface area (Å²) in [4.78, 5) is 12.7. The van der Waals surface area contributed by atoms with E-state index in [-0.39, 0.29) is 17.2 Å². The Morgan fingerprint density at radius 2 is 1.48 bits per heavy atom. The molecule has 2 amide bonds. The van der Waals surface area contributed by atoms with Crippen LogP contribution in [-0.4, -0.2) is 37.0 Å². The van der Waals surface area contributed by atoms with Gasteiger partial charge in [0.1, 0.15) is 0 Å². The van der Waals surface area contributed by atoms with Gasteiger partial charge in [-0.1, -0.05) is 52.4 Å². The van der Waals surface area contributed by atoms with Crippen LogP contribution in [0.1, 0.15) is 98.3 Å². The molecule has 0 aromatic carbocycles. The van der Waals surface area contributed by atoms with Crippen LogP contribution in [0.3, 0.4) is 0 Å². The van der Waals surface area contributed by atoms with Gasteiger partial charge in [-0.25, -0.2) is 13.2 Å². The monoisotopic (exact) mass is 400 g/mol. The SMILES string of the molecule is CCC(C)(C)S(=O)(=O)CC1(NC(=O)NCC2(C)CCCCC2)CCCCC1. The second-order valence-electron chi connectivity index (χ2n) is 9.89. The molecule has 0 bridgehead atoms. The van der Waals surface area contributed by atoms with Gasteiger partial charge < -0.3 is 10.6 Å². The molecular weight excluding hydrogens is 360 g/mol. The molecule has 27 heavy (non-hydrogen) atoms. The zero-order valence-corrected chi connectivity index (χ0v) is 18.6. The minimum absolute atomic E-state index is 0.0472. The summed E-state index contributed by atoms with van der Waals surface area (Å²) in [6, 6.07) is -0.201.